The summed E-state index contributed by atoms with van der Waals surface area (Å²) in [6.07, 6.45) is 3.75. The van der Waals surface area contributed by atoms with Crippen LogP contribution >= 0.6 is 0 Å². The highest BCUT2D eigenvalue weighted by Crippen LogP contribution is 2.41. The average molecular weight is 851 g/mol. The number of aryl methyl sites for hydroxylation is 1. The molecule has 0 radical (unpaired) electrons. The van der Waals surface area contributed by atoms with Gasteiger partial charge in [-0.1, -0.05) is 66.7 Å². The summed E-state index contributed by atoms with van der Waals surface area (Å²) in [4.78, 5) is 43.6. The fourth-order valence-electron chi connectivity index (χ4n) is 9.27. The zero-order valence-electron chi connectivity index (χ0n) is 36.2. The van der Waals surface area contributed by atoms with Crippen molar-refractivity contribution in [3.05, 3.63) is 89.9 Å². The molecule has 0 spiro atoms. The first kappa shape index (κ1) is 43.0. The molecule has 3 fully saturated rings. The van der Waals surface area contributed by atoms with Crippen LogP contribution in [-0.4, -0.2) is 98.7 Å². The number of nitrogens with one attached hydrogen (secondary N) is 1. The van der Waals surface area contributed by atoms with Crippen LogP contribution < -0.4 is 14.8 Å². The van der Waals surface area contributed by atoms with Crippen molar-refractivity contribution < 1.29 is 37.3 Å². The number of rotatable bonds is 12. The third kappa shape index (κ3) is 9.55. The number of alkyl halides is 1. The second-order valence-electron chi connectivity index (χ2n) is 18.4. The minimum atomic E-state index is -0.927. The Morgan fingerprint density at radius 3 is 2.55 bits per heavy atom. The van der Waals surface area contributed by atoms with Gasteiger partial charge < -0.3 is 29.2 Å². The lowest BCUT2D eigenvalue weighted by Gasteiger charge is -2.41. The van der Waals surface area contributed by atoms with E-state index in [2.05, 4.69) is 25.2 Å². The Morgan fingerprint density at radius 1 is 0.984 bits per heavy atom. The Balaban J connectivity index is 1.02. The number of hydrogen-bond acceptors (Lipinski definition) is 10. The van der Waals surface area contributed by atoms with Crippen molar-refractivity contribution in [3.8, 4) is 23.1 Å². The van der Waals surface area contributed by atoms with Gasteiger partial charge in [0, 0.05) is 37.8 Å². The zero-order valence-corrected chi connectivity index (χ0v) is 36.2. The van der Waals surface area contributed by atoms with Gasteiger partial charge in [0.2, 0.25) is 5.88 Å². The van der Waals surface area contributed by atoms with Gasteiger partial charge in [-0.05, 0) is 102 Å². The lowest BCUT2D eigenvalue weighted by atomic mass is 9.91. The molecule has 3 aliphatic heterocycles. The molecular weight excluding hydrogens is 795 g/mol. The predicted octanol–water partition coefficient (Wildman–Crippen LogP) is 9.36. The maximum absolute atomic E-state index is 17.2. The summed E-state index contributed by atoms with van der Waals surface area (Å²) in [6.45, 7) is 11.6. The number of amides is 2. The highest BCUT2D eigenvalue weighted by atomic mass is 19.1. The van der Waals surface area contributed by atoms with Crippen LogP contribution in [0.25, 0.3) is 32.9 Å². The average Bonchev–Trinajstić information content (AvgIpc) is 3.76. The number of nitrogens with zero attached hydrogens (tertiary/aromatic N) is 5. The second kappa shape index (κ2) is 17.6. The van der Waals surface area contributed by atoms with E-state index in [4.69, 9.17) is 18.9 Å². The third-order valence-electron chi connectivity index (χ3n) is 12.2. The van der Waals surface area contributed by atoms with Gasteiger partial charge in [-0.3, -0.25) is 9.88 Å². The SMILES string of the molecule is C[C@H](CCc1cccc2cccc(-c3ncc4c(OCc5ccccc5)nc(OC[C@@]56CCCN5C[C@H](F)C6)nc4c3F)c12)OC(=O)N[C@]1(C)CCCN(C(=O)OC(C)(C)C)C1. The Morgan fingerprint density at radius 2 is 1.76 bits per heavy atom. The largest absolute Gasteiger partial charge is 0.472 e. The van der Waals surface area contributed by atoms with Gasteiger partial charge in [-0.2, -0.15) is 9.97 Å². The van der Waals surface area contributed by atoms with Crippen molar-refractivity contribution in [1.29, 1.82) is 0 Å². The molecule has 3 aliphatic rings. The molecule has 4 atom stereocenters. The van der Waals surface area contributed by atoms with Gasteiger partial charge in [0.1, 0.15) is 42.3 Å². The summed E-state index contributed by atoms with van der Waals surface area (Å²) in [7, 11) is 0. The molecule has 0 aliphatic carbocycles. The number of alkyl carbamates (subject to hydrolysis) is 1. The molecule has 328 valence electrons. The van der Waals surface area contributed by atoms with Crippen molar-refractivity contribution >= 4 is 33.9 Å². The summed E-state index contributed by atoms with van der Waals surface area (Å²) < 4.78 is 55.6. The van der Waals surface area contributed by atoms with E-state index in [1.807, 2.05) is 101 Å². The quantitative estimate of drug-likeness (QED) is 0.130. The molecule has 0 bridgehead atoms. The summed E-state index contributed by atoms with van der Waals surface area (Å²) >= 11 is 0. The van der Waals surface area contributed by atoms with E-state index in [-0.39, 0.29) is 36.3 Å². The Bertz CT molecular complexity index is 2430. The van der Waals surface area contributed by atoms with Crippen LogP contribution in [0.3, 0.4) is 0 Å². The third-order valence-corrected chi connectivity index (χ3v) is 12.2. The molecule has 8 rings (SSSR count). The van der Waals surface area contributed by atoms with Crippen molar-refractivity contribution in [3.63, 3.8) is 0 Å². The lowest BCUT2D eigenvalue weighted by molar-refractivity contribution is 0.0110. The zero-order chi connectivity index (χ0) is 43.6. The molecule has 12 nitrogen and oxygen atoms in total. The van der Waals surface area contributed by atoms with Crippen LogP contribution in [0, 0.1) is 5.82 Å². The topological polar surface area (TPSA) is 128 Å². The van der Waals surface area contributed by atoms with Crippen molar-refractivity contribution in [2.24, 2.45) is 0 Å². The van der Waals surface area contributed by atoms with Crippen molar-refractivity contribution in [2.45, 2.75) is 115 Å². The number of halogens is 2. The van der Waals surface area contributed by atoms with Crippen LogP contribution in [0.1, 0.15) is 84.3 Å². The number of hydrogen-bond donors (Lipinski definition) is 1. The number of ether oxygens (including phenoxy) is 4. The molecule has 3 aromatic carbocycles. The maximum Gasteiger partial charge on any atom is 0.410 e. The van der Waals surface area contributed by atoms with E-state index in [9.17, 15) is 14.0 Å². The Hall–Kier alpha value is -5.63. The summed E-state index contributed by atoms with van der Waals surface area (Å²) in [5.74, 6) is -0.515. The molecular formula is C48H56F2N6O6. The number of benzene rings is 3. The van der Waals surface area contributed by atoms with E-state index in [1.165, 1.54) is 6.20 Å². The predicted molar refractivity (Wildman–Crippen MR) is 232 cm³/mol. The normalized spacial score (nSPS) is 22.0. The number of likely N-dealkylation sites (tertiary alicyclic amines) is 1. The van der Waals surface area contributed by atoms with Crippen LogP contribution in [0.2, 0.25) is 0 Å². The van der Waals surface area contributed by atoms with E-state index in [0.29, 0.717) is 62.7 Å². The molecule has 2 amide bonds. The molecule has 5 heterocycles. The van der Waals surface area contributed by atoms with Crippen LogP contribution in [0.4, 0.5) is 18.4 Å². The van der Waals surface area contributed by atoms with Gasteiger partial charge in [0.25, 0.3) is 0 Å². The minimum Gasteiger partial charge on any atom is -0.472 e. The molecule has 0 unspecified atom stereocenters. The maximum atomic E-state index is 17.2. The van der Waals surface area contributed by atoms with E-state index in [0.717, 1.165) is 41.3 Å². The number of carbonyl (C=O) groups excluding carboxylic acids is 2. The van der Waals surface area contributed by atoms with Crippen molar-refractivity contribution in [2.75, 3.05) is 32.8 Å². The molecule has 2 aromatic heterocycles. The first-order valence-electron chi connectivity index (χ1n) is 21.7. The molecule has 14 heteroatoms. The number of piperidine rings is 1. The number of fused-ring (bicyclic) bond motifs is 3. The fraction of sp³-hybridized carbons (Fsp3) is 0.479. The molecule has 1 N–H and O–H groups in total. The second-order valence-corrected chi connectivity index (χ2v) is 18.4. The van der Waals surface area contributed by atoms with Crippen LogP contribution in [-0.2, 0) is 22.5 Å². The number of carbonyl (C=O) groups is 2. The molecule has 62 heavy (non-hydrogen) atoms. The van der Waals surface area contributed by atoms with E-state index >= 15 is 4.39 Å². The smallest absolute Gasteiger partial charge is 0.410 e. The lowest BCUT2D eigenvalue weighted by Crippen LogP contribution is -2.58. The summed E-state index contributed by atoms with van der Waals surface area (Å²) in [6, 6.07) is 21.2. The summed E-state index contributed by atoms with van der Waals surface area (Å²) in [5.41, 5.74) is 0.783. The highest BCUT2D eigenvalue weighted by Gasteiger charge is 2.49. The standard InChI is InChI=1S/C48H56F2N6O6/c1-31(61-44(57)54-47(5)21-11-23-55(29-47)45(58)62-46(2,3)4)19-20-34-16-9-15-33-17-10-18-36(38(33)34)40-39(50)41-37(26-51-40)42(59-28-32-13-7-6-8-14-32)53-43(52-41)60-30-48-22-12-24-56(48)27-35(49)25-48/h6-10,13-18,26,31,35H,11-12,19-25,27-30H2,1-5H3,(H,54,57)/t31-,35-,47-,48+/m1/s1. The van der Waals surface area contributed by atoms with Gasteiger partial charge in [0.15, 0.2) is 5.82 Å². The molecule has 3 saturated heterocycles. The fourth-order valence-corrected chi connectivity index (χ4v) is 9.27. The first-order valence-corrected chi connectivity index (χ1v) is 21.7. The summed E-state index contributed by atoms with van der Waals surface area (Å²) in [5, 5.41) is 5.02. The number of aromatic nitrogens is 3. The minimum absolute atomic E-state index is 0.00188. The Labute approximate surface area is 361 Å². The Kier molecular flexibility index (Phi) is 12.2. The van der Waals surface area contributed by atoms with E-state index < -0.39 is 47.0 Å². The van der Waals surface area contributed by atoms with Crippen molar-refractivity contribution in [1.82, 2.24) is 30.1 Å². The van der Waals surface area contributed by atoms with Crippen LogP contribution in [0.5, 0.6) is 11.9 Å². The van der Waals surface area contributed by atoms with E-state index in [1.54, 1.807) is 4.90 Å². The first-order chi connectivity index (χ1) is 29.7. The van der Waals surface area contributed by atoms with Gasteiger partial charge in [-0.15, -0.1) is 0 Å². The van der Waals surface area contributed by atoms with Gasteiger partial charge in [0.05, 0.1) is 16.5 Å². The van der Waals surface area contributed by atoms with Gasteiger partial charge >= 0.3 is 18.2 Å². The number of pyridine rings is 1. The molecule has 0 saturated carbocycles. The van der Waals surface area contributed by atoms with Crippen LogP contribution in [0.15, 0.2) is 72.9 Å². The monoisotopic (exact) mass is 850 g/mol. The van der Waals surface area contributed by atoms with Gasteiger partial charge in [-0.25, -0.2) is 18.4 Å². The molecule has 5 aromatic rings. The highest BCUT2D eigenvalue weighted by molar-refractivity contribution is 6.00.